The fourth-order valence-electron chi connectivity index (χ4n) is 1.31. The third-order valence-corrected chi connectivity index (χ3v) is 2.97. The fourth-order valence-corrected chi connectivity index (χ4v) is 1.31. The molecule has 1 amide bonds. The lowest BCUT2D eigenvalue weighted by atomic mass is 9.99. The second-order valence-electron chi connectivity index (χ2n) is 4.75. The summed E-state index contributed by atoms with van der Waals surface area (Å²) in [6.45, 7) is 4.44. The molecular formula is C14H20F3N3O3. The molecule has 9 heteroatoms. The maximum absolute atomic E-state index is 11.7. The van der Waals surface area contributed by atoms with Crippen LogP contribution in [0.25, 0.3) is 0 Å². The minimum absolute atomic E-state index is 0.111. The number of halogens is 3. The maximum Gasteiger partial charge on any atom is 0.490 e. The van der Waals surface area contributed by atoms with E-state index in [0.717, 1.165) is 12.1 Å². The molecule has 0 aliphatic rings. The van der Waals surface area contributed by atoms with Crippen LogP contribution in [0.1, 0.15) is 26.0 Å². The van der Waals surface area contributed by atoms with Crippen LogP contribution in [0.5, 0.6) is 0 Å². The number of carboxylic acids is 1. The Balaban J connectivity index is 0.000000585. The van der Waals surface area contributed by atoms with Gasteiger partial charge in [0.25, 0.3) is 0 Å². The van der Waals surface area contributed by atoms with E-state index in [1.807, 2.05) is 32.0 Å². The molecule has 4 N–H and O–H groups in total. The third-order valence-electron chi connectivity index (χ3n) is 2.97. The summed E-state index contributed by atoms with van der Waals surface area (Å²) in [6, 6.07) is 5.17. The van der Waals surface area contributed by atoms with Crippen molar-refractivity contribution in [2.45, 2.75) is 39.0 Å². The van der Waals surface area contributed by atoms with Crippen molar-refractivity contribution < 1.29 is 27.9 Å². The number of nitrogens with zero attached hydrogens (tertiary/aromatic N) is 1. The lowest BCUT2D eigenvalue weighted by Crippen LogP contribution is -2.44. The van der Waals surface area contributed by atoms with Crippen LogP contribution in [-0.2, 0) is 16.1 Å². The van der Waals surface area contributed by atoms with Gasteiger partial charge in [0, 0.05) is 6.20 Å². The van der Waals surface area contributed by atoms with Gasteiger partial charge in [-0.25, -0.2) is 4.79 Å². The van der Waals surface area contributed by atoms with Crippen molar-refractivity contribution >= 4 is 11.9 Å². The highest BCUT2D eigenvalue weighted by Gasteiger charge is 2.38. The minimum Gasteiger partial charge on any atom is -0.475 e. The molecule has 23 heavy (non-hydrogen) atoms. The molecule has 0 radical (unpaired) electrons. The summed E-state index contributed by atoms with van der Waals surface area (Å²) in [5, 5.41) is 9.91. The zero-order chi connectivity index (χ0) is 18.0. The lowest BCUT2D eigenvalue weighted by Gasteiger charge is -2.17. The summed E-state index contributed by atoms with van der Waals surface area (Å²) in [5.74, 6) is -2.67. The Hall–Kier alpha value is -2.16. The average molecular weight is 335 g/mol. The normalized spacial score (nSPS) is 13.3. The molecule has 1 rings (SSSR count). The van der Waals surface area contributed by atoms with Crippen molar-refractivity contribution in [2.75, 3.05) is 0 Å². The standard InChI is InChI=1S/C12H19N3O.C2HF3O2/c1-3-9(2)11(13)12(16)15-8-10-6-4-5-7-14-10;3-2(4,5)1(6)7/h4-7,9,11H,3,8,13H2,1-2H3,(H,15,16);(H,6,7)/t9-,11-;/m0./s1. The Kier molecular flexibility index (Phi) is 8.86. The molecule has 130 valence electrons. The van der Waals surface area contributed by atoms with E-state index in [9.17, 15) is 18.0 Å². The molecule has 0 saturated carbocycles. The van der Waals surface area contributed by atoms with E-state index >= 15 is 0 Å². The molecule has 1 aromatic rings. The number of alkyl halides is 3. The molecule has 0 unspecified atom stereocenters. The number of rotatable bonds is 5. The van der Waals surface area contributed by atoms with E-state index < -0.39 is 18.2 Å². The molecule has 0 aromatic carbocycles. The molecule has 0 aliphatic heterocycles. The number of hydrogen-bond donors (Lipinski definition) is 3. The van der Waals surface area contributed by atoms with Gasteiger partial charge in [-0.05, 0) is 18.1 Å². The number of nitrogens with two attached hydrogens (primary N) is 1. The highest BCUT2D eigenvalue weighted by molar-refractivity contribution is 5.81. The molecule has 0 fully saturated rings. The first-order chi connectivity index (χ1) is 10.6. The second-order valence-corrected chi connectivity index (χ2v) is 4.75. The van der Waals surface area contributed by atoms with E-state index in [2.05, 4.69) is 10.3 Å². The van der Waals surface area contributed by atoms with Gasteiger partial charge in [0.15, 0.2) is 0 Å². The van der Waals surface area contributed by atoms with Crippen LogP contribution >= 0.6 is 0 Å². The van der Waals surface area contributed by atoms with Gasteiger partial charge in [0.2, 0.25) is 5.91 Å². The van der Waals surface area contributed by atoms with E-state index in [1.54, 1.807) is 6.20 Å². The number of carbonyl (C=O) groups excluding carboxylic acids is 1. The summed E-state index contributed by atoms with van der Waals surface area (Å²) in [5.41, 5.74) is 6.64. The summed E-state index contributed by atoms with van der Waals surface area (Å²) in [6.07, 6.45) is -2.48. The van der Waals surface area contributed by atoms with Gasteiger partial charge in [-0.3, -0.25) is 9.78 Å². The first-order valence-electron chi connectivity index (χ1n) is 6.82. The summed E-state index contributed by atoms with van der Waals surface area (Å²) in [7, 11) is 0. The number of hydrogen-bond acceptors (Lipinski definition) is 4. The number of pyridine rings is 1. The summed E-state index contributed by atoms with van der Waals surface area (Å²) < 4.78 is 31.7. The van der Waals surface area contributed by atoms with Gasteiger partial charge in [-0.15, -0.1) is 0 Å². The number of amides is 1. The quantitative estimate of drug-likeness (QED) is 0.759. The smallest absolute Gasteiger partial charge is 0.475 e. The minimum atomic E-state index is -5.08. The van der Waals surface area contributed by atoms with Crippen LogP contribution in [0.15, 0.2) is 24.4 Å². The molecular weight excluding hydrogens is 315 g/mol. The van der Waals surface area contributed by atoms with Gasteiger partial charge in [0.1, 0.15) is 0 Å². The predicted molar refractivity (Wildman–Crippen MR) is 77.2 cm³/mol. The van der Waals surface area contributed by atoms with Crippen LogP contribution in [0.2, 0.25) is 0 Å². The number of carbonyl (C=O) groups is 2. The molecule has 2 atom stereocenters. The highest BCUT2D eigenvalue weighted by Crippen LogP contribution is 2.13. The van der Waals surface area contributed by atoms with Gasteiger partial charge in [-0.1, -0.05) is 26.3 Å². The Morgan fingerprint density at radius 2 is 1.96 bits per heavy atom. The van der Waals surface area contributed by atoms with E-state index in [1.165, 1.54) is 0 Å². The first kappa shape index (κ1) is 20.8. The Bertz CT molecular complexity index is 495. The average Bonchev–Trinajstić information content (AvgIpc) is 2.51. The van der Waals surface area contributed by atoms with E-state index in [4.69, 9.17) is 15.6 Å². The molecule has 6 nitrogen and oxygen atoms in total. The van der Waals surface area contributed by atoms with Gasteiger partial charge < -0.3 is 16.2 Å². The maximum atomic E-state index is 11.7. The van der Waals surface area contributed by atoms with Crippen molar-refractivity contribution in [2.24, 2.45) is 11.7 Å². The van der Waals surface area contributed by atoms with Crippen molar-refractivity contribution in [3.8, 4) is 0 Å². The van der Waals surface area contributed by atoms with Crippen molar-refractivity contribution in [3.05, 3.63) is 30.1 Å². The third kappa shape index (κ3) is 8.77. The van der Waals surface area contributed by atoms with Crippen LogP contribution in [0.4, 0.5) is 13.2 Å². The van der Waals surface area contributed by atoms with Crippen LogP contribution in [0.3, 0.4) is 0 Å². The predicted octanol–water partition coefficient (Wildman–Crippen LogP) is 1.70. The highest BCUT2D eigenvalue weighted by atomic mass is 19.4. The summed E-state index contributed by atoms with van der Waals surface area (Å²) in [4.78, 5) is 24.7. The summed E-state index contributed by atoms with van der Waals surface area (Å²) >= 11 is 0. The molecule has 0 spiro atoms. The first-order valence-corrected chi connectivity index (χ1v) is 6.82. The number of carboxylic acid groups (broad SMARTS) is 1. The Labute approximate surface area is 131 Å². The number of nitrogens with one attached hydrogen (secondary N) is 1. The molecule has 0 aliphatic carbocycles. The Morgan fingerprint density at radius 3 is 2.35 bits per heavy atom. The van der Waals surface area contributed by atoms with Crippen molar-refractivity contribution in [3.63, 3.8) is 0 Å². The van der Waals surface area contributed by atoms with Crippen LogP contribution < -0.4 is 11.1 Å². The van der Waals surface area contributed by atoms with Gasteiger partial charge in [-0.2, -0.15) is 13.2 Å². The largest absolute Gasteiger partial charge is 0.490 e. The number of aromatic nitrogens is 1. The van der Waals surface area contributed by atoms with Gasteiger partial charge >= 0.3 is 12.1 Å². The lowest BCUT2D eigenvalue weighted by molar-refractivity contribution is -0.192. The van der Waals surface area contributed by atoms with Crippen LogP contribution in [0, 0.1) is 5.92 Å². The van der Waals surface area contributed by atoms with Gasteiger partial charge in [0.05, 0.1) is 18.3 Å². The molecule has 1 heterocycles. The zero-order valence-electron chi connectivity index (χ0n) is 12.8. The monoisotopic (exact) mass is 335 g/mol. The zero-order valence-corrected chi connectivity index (χ0v) is 12.8. The van der Waals surface area contributed by atoms with Crippen LogP contribution in [-0.4, -0.2) is 34.2 Å². The fraction of sp³-hybridized carbons (Fsp3) is 0.500. The molecule has 1 aromatic heterocycles. The second kappa shape index (κ2) is 9.78. The van der Waals surface area contributed by atoms with E-state index in [-0.39, 0.29) is 11.8 Å². The van der Waals surface area contributed by atoms with E-state index in [0.29, 0.717) is 6.54 Å². The topological polar surface area (TPSA) is 105 Å². The van der Waals surface area contributed by atoms with Crippen molar-refractivity contribution in [1.82, 2.24) is 10.3 Å². The Morgan fingerprint density at radius 1 is 1.39 bits per heavy atom. The van der Waals surface area contributed by atoms with Crippen molar-refractivity contribution in [1.29, 1.82) is 0 Å². The SMILES string of the molecule is CC[C@H](C)[C@H](N)C(=O)NCc1ccccn1.O=C(O)C(F)(F)F. The molecule has 0 bridgehead atoms. The molecule has 0 saturated heterocycles. The number of aliphatic carboxylic acids is 1.